The lowest BCUT2D eigenvalue weighted by atomic mass is 9.99. The van der Waals surface area contributed by atoms with E-state index < -0.39 is 0 Å². The number of furan rings is 1. The second-order valence-electron chi connectivity index (χ2n) is 6.75. The van der Waals surface area contributed by atoms with Crippen LogP contribution in [0.25, 0.3) is 0 Å². The molecule has 2 aliphatic rings. The van der Waals surface area contributed by atoms with Gasteiger partial charge in [-0.1, -0.05) is 5.16 Å². The van der Waals surface area contributed by atoms with E-state index in [4.69, 9.17) is 8.94 Å². The lowest BCUT2D eigenvalue weighted by molar-refractivity contribution is -0.131. The van der Waals surface area contributed by atoms with Gasteiger partial charge in [-0.2, -0.15) is 4.98 Å². The lowest BCUT2D eigenvalue weighted by Crippen LogP contribution is -2.48. The number of nitrogens with zero attached hydrogens (tertiary/aromatic N) is 4. The Labute approximate surface area is 144 Å². The molecule has 0 unspecified atom stereocenters. The van der Waals surface area contributed by atoms with Gasteiger partial charge in [-0.05, 0) is 18.9 Å². The van der Waals surface area contributed by atoms with E-state index in [2.05, 4.69) is 10.1 Å². The van der Waals surface area contributed by atoms with Gasteiger partial charge in [-0.3, -0.25) is 9.59 Å². The van der Waals surface area contributed by atoms with E-state index in [9.17, 15) is 9.59 Å². The minimum Gasteiger partial charge on any atom is -0.472 e. The van der Waals surface area contributed by atoms with E-state index in [1.165, 1.54) is 12.5 Å². The molecule has 0 bridgehead atoms. The number of rotatable bonds is 6. The maximum atomic E-state index is 12.1. The van der Waals surface area contributed by atoms with Crippen LogP contribution in [-0.2, 0) is 11.2 Å². The zero-order valence-corrected chi connectivity index (χ0v) is 14.1. The first kappa shape index (κ1) is 15.9. The van der Waals surface area contributed by atoms with Crippen LogP contribution in [0.5, 0.6) is 0 Å². The predicted octanol–water partition coefficient (Wildman–Crippen LogP) is 1.31. The van der Waals surface area contributed by atoms with Crippen LogP contribution in [0.3, 0.4) is 0 Å². The molecule has 0 radical (unpaired) electrons. The van der Waals surface area contributed by atoms with Crippen LogP contribution in [-0.4, -0.2) is 58.4 Å². The van der Waals surface area contributed by atoms with Gasteiger partial charge in [0, 0.05) is 39.0 Å². The molecular formula is C17H20N4O4. The summed E-state index contributed by atoms with van der Waals surface area (Å²) in [7, 11) is 1.81. The summed E-state index contributed by atoms with van der Waals surface area (Å²) in [4.78, 5) is 31.9. The Morgan fingerprint density at radius 1 is 1.36 bits per heavy atom. The third-order valence-corrected chi connectivity index (χ3v) is 4.74. The van der Waals surface area contributed by atoms with Crippen molar-refractivity contribution in [3.63, 3.8) is 0 Å². The molecule has 1 saturated heterocycles. The second kappa shape index (κ2) is 6.34. The lowest BCUT2D eigenvalue weighted by Gasteiger charge is -2.36. The second-order valence-corrected chi connectivity index (χ2v) is 6.75. The van der Waals surface area contributed by atoms with Crippen molar-refractivity contribution in [2.45, 2.75) is 25.2 Å². The summed E-state index contributed by atoms with van der Waals surface area (Å²) in [6, 6.07) is 1.65. The van der Waals surface area contributed by atoms with Gasteiger partial charge in [0.2, 0.25) is 11.8 Å². The fraction of sp³-hybridized carbons (Fsp3) is 0.529. The number of hydrogen-bond donors (Lipinski definition) is 0. The highest BCUT2D eigenvalue weighted by Crippen LogP contribution is 2.30. The first-order valence-electron chi connectivity index (χ1n) is 8.50. The van der Waals surface area contributed by atoms with Crippen LogP contribution in [0.15, 0.2) is 27.5 Å². The molecule has 0 spiro atoms. The van der Waals surface area contributed by atoms with Gasteiger partial charge in [0.1, 0.15) is 6.26 Å². The quantitative estimate of drug-likeness (QED) is 0.784. The average Bonchev–Trinajstić information content (AvgIpc) is 3.08. The number of likely N-dealkylation sites (N-methyl/N-ethyl adjacent to an activating group) is 1. The Morgan fingerprint density at radius 3 is 2.84 bits per heavy atom. The third-order valence-electron chi connectivity index (χ3n) is 4.74. The first-order chi connectivity index (χ1) is 12.1. The maximum Gasteiger partial charge on any atom is 0.257 e. The van der Waals surface area contributed by atoms with E-state index in [0.29, 0.717) is 43.3 Å². The highest BCUT2D eigenvalue weighted by atomic mass is 16.5. The molecule has 8 heteroatoms. The molecule has 3 heterocycles. The van der Waals surface area contributed by atoms with E-state index >= 15 is 0 Å². The Morgan fingerprint density at radius 2 is 2.16 bits per heavy atom. The van der Waals surface area contributed by atoms with Crippen LogP contribution in [0.1, 0.15) is 40.8 Å². The molecule has 1 aliphatic carbocycles. The monoisotopic (exact) mass is 344 g/mol. The Balaban J connectivity index is 1.26. The molecule has 1 saturated carbocycles. The summed E-state index contributed by atoms with van der Waals surface area (Å²) >= 11 is 0. The van der Waals surface area contributed by atoms with Gasteiger partial charge >= 0.3 is 0 Å². The van der Waals surface area contributed by atoms with Crippen molar-refractivity contribution < 1.29 is 18.5 Å². The van der Waals surface area contributed by atoms with Crippen molar-refractivity contribution in [3.8, 4) is 0 Å². The molecular weight excluding hydrogens is 324 g/mol. The number of carbonyl (C=O) groups excluding carboxylic acids is 2. The highest BCUT2D eigenvalue weighted by Gasteiger charge is 2.36. The minimum atomic E-state index is -0.0510. The molecule has 0 aromatic carbocycles. The summed E-state index contributed by atoms with van der Waals surface area (Å²) in [6.45, 7) is 1.71. The zero-order valence-electron chi connectivity index (χ0n) is 14.1. The molecule has 25 heavy (non-hydrogen) atoms. The topological polar surface area (TPSA) is 92.7 Å². The van der Waals surface area contributed by atoms with E-state index in [-0.39, 0.29) is 23.7 Å². The van der Waals surface area contributed by atoms with Gasteiger partial charge in [0.25, 0.3) is 5.91 Å². The summed E-state index contributed by atoms with van der Waals surface area (Å²) < 4.78 is 10.3. The van der Waals surface area contributed by atoms with Crippen molar-refractivity contribution >= 4 is 11.8 Å². The van der Waals surface area contributed by atoms with E-state index in [0.717, 1.165) is 12.8 Å². The number of hydrogen-bond acceptors (Lipinski definition) is 6. The number of aromatic nitrogens is 2. The van der Waals surface area contributed by atoms with Crippen molar-refractivity contribution in [2.75, 3.05) is 26.7 Å². The molecule has 2 fully saturated rings. The predicted molar refractivity (Wildman–Crippen MR) is 85.7 cm³/mol. The standard InChI is InChI=1S/C17H20N4O4/c1-20(16(22)11-2-3-11)6-4-14-18-15(25-19-14)13-8-21(9-13)17(23)12-5-7-24-10-12/h5,7,10-11,13H,2-4,6,8-9H2,1H3. The molecule has 0 N–H and O–H groups in total. The third kappa shape index (κ3) is 3.29. The number of carbonyl (C=O) groups is 2. The summed E-state index contributed by atoms with van der Waals surface area (Å²) in [5.41, 5.74) is 0.549. The van der Waals surface area contributed by atoms with Gasteiger partial charge in [0.15, 0.2) is 5.82 Å². The molecule has 1 aliphatic heterocycles. The SMILES string of the molecule is CN(CCc1noc(C2CN(C(=O)c3ccoc3)C2)n1)C(=O)C1CC1. The molecule has 2 aromatic rings. The zero-order chi connectivity index (χ0) is 17.4. The Bertz CT molecular complexity index is 759. The largest absolute Gasteiger partial charge is 0.472 e. The smallest absolute Gasteiger partial charge is 0.257 e. The van der Waals surface area contributed by atoms with Crippen LogP contribution in [0.4, 0.5) is 0 Å². The average molecular weight is 344 g/mol. The summed E-state index contributed by atoms with van der Waals surface area (Å²) in [5, 5.41) is 3.99. The van der Waals surface area contributed by atoms with Crippen LogP contribution in [0, 0.1) is 5.92 Å². The van der Waals surface area contributed by atoms with Crippen molar-refractivity contribution in [2.24, 2.45) is 5.92 Å². The molecule has 2 aromatic heterocycles. The van der Waals surface area contributed by atoms with Crippen LogP contribution >= 0.6 is 0 Å². The van der Waals surface area contributed by atoms with E-state index in [1.54, 1.807) is 15.9 Å². The first-order valence-corrected chi connectivity index (χ1v) is 8.50. The molecule has 2 amide bonds. The maximum absolute atomic E-state index is 12.1. The van der Waals surface area contributed by atoms with Crippen LogP contribution < -0.4 is 0 Å². The fourth-order valence-corrected chi connectivity index (χ4v) is 2.92. The van der Waals surface area contributed by atoms with Crippen molar-refractivity contribution in [1.82, 2.24) is 19.9 Å². The van der Waals surface area contributed by atoms with Gasteiger partial charge in [-0.25, -0.2) is 0 Å². The Hall–Kier alpha value is -2.64. The van der Waals surface area contributed by atoms with E-state index in [1.807, 2.05) is 7.05 Å². The normalized spacial score (nSPS) is 17.4. The summed E-state index contributed by atoms with van der Waals surface area (Å²) in [5.74, 6) is 1.61. The minimum absolute atomic E-state index is 0.0510. The van der Waals surface area contributed by atoms with Crippen LogP contribution in [0.2, 0.25) is 0 Å². The number of likely N-dealkylation sites (tertiary alicyclic amines) is 1. The fourth-order valence-electron chi connectivity index (χ4n) is 2.92. The Kier molecular flexibility index (Phi) is 4.03. The molecule has 4 rings (SSSR count). The van der Waals surface area contributed by atoms with Gasteiger partial charge < -0.3 is 18.7 Å². The molecule has 8 nitrogen and oxygen atoms in total. The summed E-state index contributed by atoms with van der Waals surface area (Å²) in [6.07, 6.45) is 5.51. The van der Waals surface area contributed by atoms with Gasteiger partial charge in [0.05, 0.1) is 17.7 Å². The number of amides is 2. The molecule has 0 atom stereocenters. The van der Waals surface area contributed by atoms with Crippen molar-refractivity contribution in [3.05, 3.63) is 35.9 Å². The van der Waals surface area contributed by atoms with Crippen molar-refractivity contribution in [1.29, 1.82) is 0 Å². The molecule has 132 valence electrons. The highest BCUT2D eigenvalue weighted by molar-refractivity contribution is 5.94. The van der Waals surface area contributed by atoms with Gasteiger partial charge in [-0.15, -0.1) is 0 Å².